The Hall–Kier alpha value is -2.10. The van der Waals surface area contributed by atoms with Crippen molar-refractivity contribution in [3.8, 4) is 0 Å². The van der Waals surface area contributed by atoms with Crippen molar-refractivity contribution in [2.24, 2.45) is 11.7 Å². The fraction of sp³-hybridized carbons (Fsp3) is 0.591. The van der Waals surface area contributed by atoms with Gasteiger partial charge in [-0.1, -0.05) is 50.6 Å². The molecular weight excluding hydrogens is 416 g/mol. The Kier molecular flexibility index (Phi) is 10.3. The third-order valence-corrected chi connectivity index (χ3v) is 5.97. The smallest absolute Gasteiger partial charge is 0.328 e. The SMILES string of the molecule is CC[C@H](C)[C@H](NC[C@@H](N)CS)C(=O)N[C@@H](Cc1ccccc1)C(=O)N[C@H]1CCOC1=O. The largest absolute Gasteiger partial charge is 0.464 e. The molecular formula is C22H34N4O4S. The predicted octanol–water partition coefficient (Wildman–Crippen LogP) is 0.407. The highest BCUT2D eigenvalue weighted by molar-refractivity contribution is 7.80. The molecule has 1 fully saturated rings. The van der Waals surface area contributed by atoms with Crippen molar-refractivity contribution in [1.82, 2.24) is 16.0 Å². The molecule has 0 saturated carbocycles. The summed E-state index contributed by atoms with van der Waals surface area (Å²) in [5.41, 5.74) is 6.85. The molecule has 9 heteroatoms. The molecule has 31 heavy (non-hydrogen) atoms. The first-order valence-corrected chi connectivity index (χ1v) is 11.4. The zero-order valence-electron chi connectivity index (χ0n) is 18.2. The molecule has 0 aromatic heterocycles. The number of amides is 2. The number of nitrogens with two attached hydrogens (primary N) is 1. The highest BCUT2D eigenvalue weighted by atomic mass is 32.1. The zero-order valence-corrected chi connectivity index (χ0v) is 19.1. The third kappa shape index (κ3) is 7.83. The fourth-order valence-electron chi connectivity index (χ4n) is 3.35. The van der Waals surface area contributed by atoms with E-state index in [-0.39, 0.29) is 24.5 Å². The first-order valence-electron chi connectivity index (χ1n) is 10.8. The third-order valence-electron chi connectivity index (χ3n) is 5.50. The number of esters is 1. The first-order chi connectivity index (χ1) is 14.8. The maximum atomic E-state index is 13.1. The van der Waals surface area contributed by atoms with Gasteiger partial charge >= 0.3 is 5.97 Å². The molecule has 1 aromatic rings. The van der Waals surface area contributed by atoms with Crippen LogP contribution in [0.15, 0.2) is 30.3 Å². The number of benzene rings is 1. The minimum atomic E-state index is -0.824. The van der Waals surface area contributed by atoms with Crippen LogP contribution in [-0.4, -0.2) is 60.9 Å². The van der Waals surface area contributed by atoms with Crippen LogP contribution >= 0.6 is 12.6 Å². The molecule has 0 bridgehead atoms. The van der Waals surface area contributed by atoms with Crippen molar-refractivity contribution in [2.45, 2.75) is 57.3 Å². The van der Waals surface area contributed by atoms with Gasteiger partial charge in [0.1, 0.15) is 12.1 Å². The Morgan fingerprint density at radius 3 is 2.55 bits per heavy atom. The summed E-state index contributed by atoms with van der Waals surface area (Å²) in [6.45, 7) is 4.70. The van der Waals surface area contributed by atoms with Crippen molar-refractivity contribution in [2.75, 3.05) is 18.9 Å². The number of ether oxygens (including phenoxy) is 1. The Morgan fingerprint density at radius 1 is 1.26 bits per heavy atom. The minimum absolute atomic E-state index is 0.0392. The van der Waals surface area contributed by atoms with E-state index in [4.69, 9.17) is 10.5 Å². The number of hydrogen-bond donors (Lipinski definition) is 5. The van der Waals surface area contributed by atoms with Gasteiger partial charge in [-0.25, -0.2) is 4.79 Å². The van der Waals surface area contributed by atoms with E-state index in [1.807, 2.05) is 44.2 Å². The maximum absolute atomic E-state index is 13.1. The van der Waals surface area contributed by atoms with Gasteiger partial charge in [0.05, 0.1) is 12.6 Å². The van der Waals surface area contributed by atoms with Gasteiger partial charge in [0.2, 0.25) is 11.8 Å². The predicted molar refractivity (Wildman–Crippen MR) is 123 cm³/mol. The molecule has 1 aliphatic heterocycles. The van der Waals surface area contributed by atoms with Crippen LogP contribution in [0.25, 0.3) is 0 Å². The average Bonchev–Trinajstić information content (AvgIpc) is 3.17. The van der Waals surface area contributed by atoms with Crippen LogP contribution in [0.4, 0.5) is 0 Å². The summed E-state index contributed by atoms with van der Waals surface area (Å²) in [7, 11) is 0. The second-order valence-electron chi connectivity index (χ2n) is 7.98. The Labute approximate surface area is 189 Å². The summed E-state index contributed by atoms with van der Waals surface area (Å²) < 4.78 is 4.93. The standard InChI is InChI=1S/C22H34N4O4S/c1-3-14(2)19(24-12-16(23)13-31)21(28)26-18(11-15-7-5-4-6-8-15)20(27)25-17-9-10-30-22(17)29/h4-8,14,16-19,24,31H,3,9-13,23H2,1-2H3,(H,25,27)(H,26,28)/t14-,16+,17-,18-,19-/m0/s1. The van der Waals surface area contributed by atoms with Crippen LogP contribution in [0.5, 0.6) is 0 Å². The van der Waals surface area contributed by atoms with Gasteiger partial charge in [0, 0.05) is 31.2 Å². The minimum Gasteiger partial charge on any atom is -0.464 e. The van der Waals surface area contributed by atoms with Crippen molar-refractivity contribution in [1.29, 1.82) is 0 Å². The van der Waals surface area contributed by atoms with Crippen LogP contribution < -0.4 is 21.7 Å². The molecule has 8 nitrogen and oxygen atoms in total. The first kappa shape index (κ1) is 25.2. The molecule has 1 aromatic carbocycles. The average molecular weight is 451 g/mol. The van der Waals surface area contributed by atoms with E-state index in [0.717, 1.165) is 12.0 Å². The highest BCUT2D eigenvalue weighted by Crippen LogP contribution is 2.11. The summed E-state index contributed by atoms with van der Waals surface area (Å²) in [6, 6.07) is 7.25. The van der Waals surface area contributed by atoms with Crippen LogP contribution in [0.1, 0.15) is 32.3 Å². The van der Waals surface area contributed by atoms with Crippen molar-refractivity contribution in [3.63, 3.8) is 0 Å². The molecule has 2 amide bonds. The van der Waals surface area contributed by atoms with E-state index in [2.05, 4.69) is 28.6 Å². The number of carbonyl (C=O) groups excluding carboxylic acids is 3. The molecule has 0 aliphatic carbocycles. The molecule has 5 N–H and O–H groups in total. The number of carbonyl (C=O) groups is 3. The molecule has 0 radical (unpaired) electrons. The lowest BCUT2D eigenvalue weighted by Gasteiger charge is -2.27. The van der Waals surface area contributed by atoms with Crippen LogP contribution in [-0.2, 0) is 25.5 Å². The van der Waals surface area contributed by atoms with Gasteiger partial charge in [-0.2, -0.15) is 12.6 Å². The van der Waals surface area contributed by atoms with E-state index >= 15 is 0 Å². The second-order valence-corrected chi connectivity index (χ2v) is 8.35. The molecule has 5 atom stereocenters. The monoisotopic (exact) mass is 450 g/mol. The van der Waals surface area contributed by atoms with E-state index in [1.54, 1.807) is 0 Å². The summed E-state index contributed by atoms with van der Waals surface area (Å²) in [6.07, 6.45) is 1.52. The maximum Gasteiger partial charge on any atom is 0.328 e. The molecule has 0 unspecified atom stereocenters. The van der Waals surface area contributed by atoms with Crippen LogP contribution in [0.2, 0.25) is 0 Å². The van der Waals surface area contributed by atoms with E-state index < -0.39 is 30.0 Å². The molecule has 1 aliphatic rings. The molecule has 0 spiro atoms. The lowest BCUT2D eigenvalue weighted by Crippen LogP contribution is -2.57. The lowest BCUT2D eigenvalue weighted by atomic mass is 9.97. The summed E-state index contributed by atoms with van der Waals surface area (Å²) in [5, 5.41) is 8.82. The summed E-state index contributed by atoms with van der Waals surface area (Å²) in [5.74, 6) is -0.588. The number of nitrogens with one attached hydrogen (secondary N) is 3. The normalized spacial score (nSPS) is 19.7. The summed E-state index contributed by atoms with van der Waals surface area (Å²) >= 11 is 4.19. The van der Waals surface area contributed by atoms with Crippen molar-refractivity contribution in [3.05, 3.63) is 35.9 Å². The molecule has 2 rings (SSSR count). The van der Waals surface area contributed by atoms with Crippen molar-refractivity contribution >= 4 is 30.4 Å². The summed E-state index contributed by atoms with van der Waals surface area (Å²) in [4.78, 5) is 37.9. The Morgan fingerprint density at radius 2 is 1.97 bits per heavy atom. The molecule has 1 saturated heterocycles. The van der Waals surface area contributed by atoms with Crippen molar-refractivity contribution < 1.29 is 19.1 Å². The van der Waals surface area contributed by atoms with Gasteiger partial charge in [0.15, 0.2) is 0 Å². The number of rotatable bonds is 12. The Balaban J connectivity index is 2.13. The topological polar surface area (TPSA) is 123 Å². The van der Waals surface area contributed by atoms with E-state index in [1.165, 1.54) is 0 Å². The van der Waals surface area contributed by atoms with Gasteiger partial charge in [-0.3, -0.25) is 9.59 Å². The second kappa shape index (κ2) is 12.7. The Bertz CT molecular complexity index is 733. The number of thiol groups is 1. The van der Waals surface area contributed by atoms with Crippen LogP contribution in [0.3, 0.4) is 0 Å². The van der Waals surface area contributed by atoms with E-state index in [0.29, 0.717) is 25.1 Å². The molecule has 1 heterocycles. The van der Waals surface area contributed by atoms with Crippen LogP contribution in [0, 0.1) is 5.92 Å². The molecule has 172 valence electrons. The van der Waals surface area contributed by atoms with E-state index in [9.17, 15) is 14.4 Å². The quantitative estimate of drug-likeness (QED) is 0.232. The fourth-order valence-corrected chi connectivity index (χ4v) is 3.48. The van der Waals surface area contributed by atoms with Gasteiger partial charge in [-0.15, -0.1) is 0 Å². The van der Waals surface area contributed by atoms with Gasteiger partial charge in [0.25, 0.3) is 0 Å². The van der Waals surface area contributed by atoms with Gasteiger partial charge < -0.3 is 26.4 Å². The highest BCUT2D eigenvalue weighted by Gasteiger charge is 2.33. The number of hydrogen-bond acceptors (Lipinski definition) is 7. The van der Waals surface area contributed by atoms with Gasteiger partial charge in [-0.05, 0) is 11.5 Å². The lowest BCUT2D eigenvalue weighted by molar-refractivity contribution is -0.141. The zero-order chi connectivity index (χ0) is 22.8. The number of cyclic esters (lactones) is 1.